The summed E-state index contributed by atoms with van der Waals surface area (Å²) in [4.78, 5) is 3.61. The van der Waals surface area contributed by atoms with Crippen LogP contribution in [-0.4, -0.2) is 18.1 Å². The van der Waals surface area contributed by atoms with Gasteiger partial charge in [-0.3, -0.25) is 0 Å². The molecule has 1 aromatic heterocycles. The van der Waals surface area contributed by atoms with E-state index < -0.39 is 0 Å². The van der Waals surface area contributed by atoms with E-state index in [9.17, 15) is 0 Å². The number of fused-ring (bicyclic) bond motifs is 7. The number of methoxy groups -OCH3 is 1. The first kappa shape index (κ1) is 13.2. The molecule has 0 saturated carbocycles. The number of ether oxygens (including phenoxy) is 1. The predicted molar refractivity (Wildman–Crippen MR) is 92.1 cm³/mol. The van der Waals surface area contributed by atoms with Crippen LogP contribution in [0.5, 0.6) is 5.75 Å². The predicted octanol–water partition coefficient (Wildman–Crippen LogP) is 3.73. The Morgan fingerprint density at radius 3 is 2.96 bits per heavy atom. The molecule has 1 aliphatic carbocycles. The summed E-state index contributed by atoms with van der Waals surface area (Å²) in [6.45, 7) is 0.926. The van der Waals surface area contributed by atoms with E-state index in [1.807, 2.05) is 6.07 Å². The summed E-state index contributed by atoms with van der Waals surface area (Å²) in [5.74, 6) is 1.36. The van der Waals surface area contributed by atoms with E-state index >= 15 is 0 Å². The maximum absolute atomic E-state index is 5.46. The quantitative estimate of drug-likeness (QED) is 0.719. The van der Waals surface area contributed by atoms with Crippen LogP contribution in [0, 0.1) is 0 Å². The molecule has 2 heterocycles. The van der Waals surface area contributed by atoms with Crippen molar-refractivity contribution in [3.63, 3.8) is 0 Å². The second-order valence-corrected chi connectivity index (χ2v) is 6.63. The molecule has 0 amide bonds. The highest BCUT2D eigenvalue weighted by Gasteiger charge is 2.36. The third-order valence-electron chi connectivity index (χ3n) is 5.50. The van der Waals surface area contributed by atoms with Crippen LogP contribution in [-0.2, 0) is 13.0 Å². The summed E-state index contributed by atoms with van der Waals surface area (Å²) < 4.78 is 5.46. The van der Waals surface area contributed by atoms with Crippen LogP contribution in [0.15, 0.2) is 42.5 Å². The number of aromatic amines is 1. The zero-order valence-electron chi connectivity index (χ0n) is 13.2. The van der Waals surface area contributed by atoms with Gasteiger partial charge >= 0.3 is 0 Å². The Bertz CT molecular complexity index is 896. The van der Waals surface area contributed by atoms with Crippen LogP contribution in [0.1, 0.15) is 34.7 Å². The highest BCUT2D eigenvalue weighted by Crippen LogP contribution is 2.44. The minimum Gasteiger partial charge on any atom is -0.497 e. The highest BCUT2D eigenvalue weighted by molar-refractivity contribution is 5.87. The molecule has 0 radical (unpaired) electrons. The first-order valence-electron chi connectivity index (χ1n) is 8.35. The van der Waals surface area contributed by atoms with Gasteiger partial charge in [0.25, 0.3) is 0 Å². The molecular formula is C20H20N2O. The van der Waals surface area contributed by atoms with Gasteiger partial charge in [-0.1, -0.05) is 24.3 Å². The molecule has 1 aliphatic heterocycles. The molecule has 0 fully saturated rings. The van der Waals surface area contributed by atoms with Gasteiger partial charge in [0.05, 0.1) is 7.11 Å². The van der Waals surface area contributed by atoms with Gasteiger partial charge in [-0.2, -0.15) is 0 Å². The fraction of sp³-hybridized carbons (Fsp3) is 0.300. The Kier molecular flexibility index (Phi) is 2.79. The minimum absolute atomic E-state index is 0.435. The summed E-state index contributed by atoms with van der Waals surface area (Å²) in [7, 11) is 1.74. The van der Waals surface area contributed by atoms with Crippen molar-refractivity contribution in [2.24, 2.45) is 0 Å². The zero-order valence-corrected chi connectivity index (χ0v) is 13.2. The van der Waals surface area contributed by atoms with Crippen LogP contribution in [0.4, 0.5) is 0 Å². The second kappa shape index (κ2) is 4.87. The van der Waals surface area contributed by atoms with E-state index in [0.717, 1.165) is 12.3 Å². The molecule has 0 saturated heterocycles. The third kappa shape index (κ3) is 1.86. The smallest absolute Gasteiger partial charge is 0.119 e. The van der Waals surface area contributed by atoms with Gasteiger partial charge in [-0.05, 0) is 47.7 Å². The topological polar surface area (TPSA) is 37.0 Å². The van der Waals surface area contributed by atoms with Crippen LogP contribution in [0.2, 0.25) is 0 Å². The number of rotatable bonds is 1. The summed E-state index contributed by atoms with van der Waals surface area (Å²) in [6.07, 6.45) is 2.38. The van der Waals surface area contributed by atoms with E-state index in [1.165, 1.54) is 46.1 Å². The van der Waals surface area contributed by atoms with Crippen LogP contribution >= 0.6 is 0 Å². The lowest BCUT2D eigenvalue weighted by Gasteiger charge is -2.38. The average Bonchev–Trinajstić information content (AvgIpc) is 2.99. The molecule has 0 bridgehead atoms. The van der Waals surface area contributed by atoms with Gasteiger partial charge in [0.1, 0.15) is 5.75 Å². The van der Waals surface area contributed by atoms with Crippen molar-refractivity contribution in [1.29, 1.82) is 0 Å². The summed E-state index contributed by atoms with van der Waals surface area (Å²) in [6, 6.07) is 15.8. The molecule has 2 aliphatic rings. The van der Waals surface area contributed by atoms with Gasteiger partial charge in [0.2, 0.25) is 0 Å². The van der Waals surface area contributed by atoms with Crippen molar-refractivity contribution < 1.29 is 4.74 Å². The molecule has 23 heavy (non-hydrogen) atoms. The lowest BCUT2D eigenvalue weighted by atomic mass is 9.73. The maximum atomic E-state index is 5.46. The molecule has 0 unspecified atom stereocenters. The van der Waals surface area contributed by atoms with Gasteiger partial charge in [-0.25, -0.2) is 0 Å². The largest absolute Gasteiger partial charge is 0.497 e. The number of H-pyrrole nitrogens is 1. The Morgan fingerprint density at radius 2 is 2.04 bits per heavy atom. The molecule has 3 heteroatoms. The van der Waals surface area contributed by atoms with Crippen molar-refractivity contribution in [3.05, 3.63) is 64.8 Å². The molecule has 3 aromatic rings. The third-order valence-corrected chi connectivity index (χ3v) is 5.50. The second-order valence-electron chi connectivity index (χ2n) is 6.63. The van der Waals surface area contributed by atoms with Crippen molar-refractivity contribution in [3.8, 4) is 5.75 Å². The number of aryl methyl sites for hydroxylation is 1. The first-order chi connectivity index (χ1) is 11.3. The first-order valence-corrected chi connectivity index (χ1v) is 8.35. The van der Waals surface area contributed by atoms with Crippen LogP contribution in [0.3, 0.4) is 0 Å². The SMILES string of the molecule is COc1ccc2[nH]c3c(c2c1)[C@H]1c2ccccc2CC[C@@H]1NC3. The molecule has 116 valence electrons. The van der Waals surface area contributed by atoms with Crippen LogP contribution in [0.25, 0.3) is 10.9 Å². The van der Waals surface area contributed by atoms with Crippen LogP contribution < -0.4 is 10.1 Å². The van der Waals surface area contributed by atoms with E-state index in [2.05, 4.69) is 46.7 Å². The Balaban J connectivity index is 1.78. The Labute approximate surface area is 135 Å². The standard InChI is InChI=1S/C20H20N2O/c1-23-13-7-9-16-15(10-13)20-18(22-16)11-21-17-8-6-12-4-2-3-5-14(12)19(17)20/h2-5,7,9-10,17,19,21-22H,6,8,11H2,1H3/t17-,19-/m0/s1. The molecule has 2 atom stereocenters. The number of nitrogens with one attached hydrogen (secondary N) is 2. The van der Waals surface area contributed by atoms with Crippen molar-refractivity contribution in [2.75, 3.05) is 7.11 Å². The molecule has 2 aromatic carbocycles. The molecule has 3 nitrogen and oxygen atoms in total. The maximum Gasteiger partial charge on any atom is 0.119 e. The van der Waals surface area contributed by atoms with Gasteiger partial charge < -0.3 is 15.0 Å². The number of hydrogen-bond acceptors (Lipinski definition) is 2. The Morgan fingerprint density at radius 1 is 1.13 bits per heavy atom. The monoisotopic (exact) mass is 304 g/mol. The van der Waals surface area contributed by atoms with Crippen molar-refractivity contribution >= 4 is 10.9 Å². The fourth-order valence-electron chi connectivity index (χ4n) is 4.44. The minimum atomic E-state index is 0.435. The van der Waals surface area contributed by atoms with E-state index in [4.69, 9.17) is 4.74 Å². The lowest BCUT2D eigenvalue weighted by molar-refractivity contribution is 0.393. The van der Waals surface area contributed by atoms with Gasteiger partial charge in [0.15, 0.2) is 0 Å². The summed E-state index contributed by atoms with van der Waals surface area (Å²) >= 11 is 0. The summed E-state index contributed by atoms with van der Waals surface area (Å²) in [5.41, 5.74) is 6.99. The van der Waals surface area contributed by atoms with E-state index in [-0.39, 0.29) is 0 Å². The Hall–Kier alpha value is -2.26. The summed E-state index contributed by atoms with van der Waals surface area (Å²) in [5, 5.41) is 5.06. The van der Waals surface area contributed by atoms with E-state index in [0.29, 0.717) is 12.0 Å². The van der Waals surface area contributed by atoms with Gasteiger partial charge in [0, 0.05) is 35.1 Å². The highest BCUT2D eigenvalue weighted by atomic mass is 16.5. The molecular weight excluding hydrogens is 284 g/mol. The average molecular weight is 304 g/mol. The fourth-order valence-corrected chi connectivity index (χ4v) is 4.44. The molecule has 2 N–H and O–H groups in total. The number of hydrogen-bond donors (Lipinski definition) is 2. The van der Waals surface area contributed by atoms with Gasteiger partial charge in [-0.15, -0.1) is 0 Å². The normalized spacial score (nSPS) is 22.3. The molecule has 0 spiro atoms. The molecule has 5 rings (SSSR count). The lowest BCUT2D eigenvalue weighted by Crippen LogP contribution is -2.42. The zero-order chi connectivity index (χ0) is 15.4. The van der Waals surface area contributed by atoms with Crippen molar-refractivity contribution in [2.45, 2.75) is 31.3 Å². The van der Waals surface area contributed by atoms with Crippen molar-refractivity contribution in [1.82, 2.24) is 10.3 Å². The number of aromatic nitrogens is 1. The van der Waals surface area contributed by atoms with E-state index in [1.54, 1.807) is 7.11 Å². The number of benzene rings is 2.